The van der Waals surface area contributed by atoms with E-state index in [9.17, 15) is 18.0 Å². The summed E-state index contributed by atoms with van der Waals surface area (Å²) >= 11 is 6.37. The first kappa shape index (κ1) is 23.6. The maximum atomic E-state index is 12.6. The number of hydrogen-bond donors (Lipinski definition) is 2. The maximum absolute atomic E-state index is 12.6. The molecule has 0 fully saturated rings. The molecule has 10 heteroatoms. The molecule has 2 N–H and O–H groups in total. The Kier molecular flexibility index (Phi) is 7.12. The number of carbonyl (C=O) groups excluding carboxylic acids is 2. The van der Waals surface area contributed by atoms with E-state index in [0.717, 1.165) is 16.5 Å². The summed E-state index contributed by atoms with van der Waals surface area (Å²) in [5.74, 6) is -1.04. The normalized spacial score (nSPS) is 12.4. The number of anilines is 1. The Hall–Kier alpha value is -3.01. The Morgan fingerprint density at radius 2 is 1.78 bits per heavy atom. The van der Waals surface area contributed by atoms with Gasteiger partial charge in [0.05, 0.1) is 21.1 Å². The predicted molar refractivity (Wildman–Crippen MR) is 122 cm³/mol. The van der Waals surface area contributed by atoms with E-state index in [0.29, 0.717) is 16.4 Å². The van der Waals surface area contributed by atoms with Crippen molar-refractivity contribution >= 4 is 50.1 Å². The lowest BCUT2D eigenvalue weighted by atomic mass is 10.1. The lowest BCUT2D eigenvalue weighted by Crippen LogP contribution is -2.39. The van der Waals surface area contributed by atoms with Crippen LogP contribution in [0.3, 0.4) is 0 Å². The van der Waals surface area contributed by atoms with Crippen molar-refractivity contribution < 1.29 is 22.7 Å². The minimum absolute atomic E-state index is 0.0545. The van der Waals surface area contributed by atoms with Gasteiger partial charge < -0.3 is 10.1 Å². The fourth-order valence-corrected chi connectivity index (χ4v) is 4.44. The van der Waals surface area contributed by atoms with E-state index in [-0.39, 0.29) is 17.4 Å². The zero-order valence-electron chi connectivity index (χ0n) is 17.7. The third-order valence-electron chi connectivity index (χ3n) is 4.67. The Morgan fingerprint density at radius 1 is 1.12 bits per heavy atom. The summed E-state index contributed by atoms with van der Waals surface area (Å²) in [5.41, 5.74) is 2.38. The van der Waals surface area contributed by atoms with E-state index in [1.807, 2.05) is 31.2 Å². The average Bonchev–Trinajstić information content (AvgIpc) is 2.74. The van der Waals surface area contributed by atoms with E-state index in [1.165, 1.54) is 38.1 Å². The molecular weight excluding hydrogens is 454 g/mol. The molecule has 0 aliphatic carbocycles. The molecule has 0 bridgehead atoms. The van der Waals surface area contributed by atoms with E-state index >= 15 is 0 Å². The minimum Gasteiger partial charge on any atom is -0.458 e. The van der Waals surface area contributed by atoms with Gasteiger partial charge in [0.25, 0.3) is 0 Å². The number of nitrogens with one attached hydrogen (secondary N) is 2. The molecule has 0 radical (unpaired) electrons. The van der Waals surface area contributed by atoms with E-state index < -0.39 is 22.0 Å². The number of hydrogen-bond acceptors (Lipinski definition) is 6. The number of aryl methyl sites for hydroxylation is 1. The Bertz CT molecular complexity index is 1280. The van der Waals surface area contributed by atoms with Crippen LogP contribution in [-0.2, 0) is 31.0 Å². The average molecular weight is 476 g/mol. The quantitative estimate of drug-likeness (QED) is 0.505. The number of pyridine rings is 1. The van der Waals surface area contributed by atoms with Crippen LogP contribution in [0.4, 0.5) is 5.69 Å². The molecule has 2 aromatic carbocycles. The summed E-state index contributed by atoms with van der Waals surface area (Å²) in [6, 6.07) is 11.9. The van der Waals surface area contributed by atoms with Crippen molar-refractivity contribution in [3.8, 4) is 0 Å². The first-order valence-electron chi connectivity index (χ1n) is 9.69. The van der Waals surface area contributed by atoms with Crippen LogP contribution in [0.1, 0.15) is 25.1 Å². The number of esters is 1. The summed E-state index contributed by atoms with van der Waals surface area (Å²) in [6.45, 7) is 4.39. The summed E-state index contributed by atoms with van der Waals surface area (Å²) in [4.78, 5) is 27.9. The number of fused-ring (bicyclic) bond motifs is 1. The largest absolute Gasteiger partial charge is 0.458 e. The fraction of sp³-hybridized carbons (Fsp3) is 0.227. The van der Waals surface area contributed by atoms with Crippen LogP contribution in [0.25, 0.3) is 10.9 Å². The van der Waals surface area contributed by atoms with Crippen LogP contribution >= 0.6 is 11.6 Å². The van der Waals surface area contributed by atoms with Crippen molar-refractivity contribution in [3.05, 3.63) is 64.8 Å². The van der Waals surface area contributed by atoms with Crippen LogP contribution in [-0.4, -0.2) is 31.3 Å². The third kappa shape index (κ3) is 5.42. The number of amides is 1. The molecule has 3 aromatic rings. The standard InChI is InChI=1S/C22H22ClN3O5S/c1-13-18-6-4-5-7-19(18)25-20(21(13)23)12-31-22(28)14(2)26-32(29,30)17-10-8-16(9-11-17)24-15(3)27/h4-11,14,26H,12H2,1-3H3,(H,24,27). The molecule has 0 aliphatic heterocycles. The molecule has 168 valence electrons. The smallest absolute Gasteiger partial charge is 0.324 e. The molecule has 1 unspecified atom stereocenters. The van der Waals surface area contributed by atoms with Crippen molar-refractivity contribution in [2.24, 2.45) is 0 Å². The number of benzene rings is 2. The second kappa shape index (κ2) is 9.64. The summed E-state index contributed by atoms with van der Waals surface area (Å²) in [6.07, 6.45) is 0. The number of halogens is 1. The molecule has 1 heterocycles. The molecule has 0 saturated heterocycles. The maximum Gasteiger partial charge on any atom is 0.324 e. The number of nitrogens with zero attached hydrogens (tertiary/aromatic N) is 1. The topological polar surface area (TPSA) is 114 Å². The van der Waals surface area contributed by atoms with E-state index in [2.05, 4.69) is 15.0 Å². The highest BCUT2D eigenvalue weighted by Crippen LogP contribution is 2.27. The van der Waals surface area contributed by atoms with Gasteiger partial charge in [-0.05, 0) is 49.7 Å². The van der Waals surface area contributed by atoms with E-state index in [1.54, 1.807) is 0 Å². The number of rotatable bonds is 7. The van der Waals surface area contributed by atoms with Crippen molar-refractivity contribution in [1.29, 1.82) is 0 Å². The molecule has 0 spiro atoms. The van der Waals surface area contributed by atoms with Crippen LogP contribution in [0.5, 0.6) is 0 Å². The van der Waals surface area contributed by atoms with Crippen molar-refractivity contribution in [2.45, 2.75) is 38.3 Å². The first-order chi connectivity index (χ1) is 15.1. The molecule has 0 aliphatic rings. The highest BCUT2D eigenvalue weighted by molar-refractivity contribution is 7.89. The predicted octanol–water partition coefficient (Wildman–Crippen LogP) is 3.57. The van der Waals surface area contributed by atoms with Crippen molar-refractivity contribution in [3.63, 3.8) is 0 Å². The van der Waals surface area contributed by atoms with Gasteiger partial charge >= 0.3 is 5.97 Å². The lowest BCUT2D eigenvalue weighted by Gasteiger charge is -2.15. The van der Waals surface area contributed by atoms with Gasteiger partial charge in [-0.15, -0.1) is 0 Å². The van der Waals surface area contributed by atoms with Crippen LogP contribution < -0.4 is 10.0 Å². The number of carbonyl (C=O) groups is 2. The Balaban J connectivity index is 1.66. The van der Waals surface area contributed by atoms with Gasteiger partial charge in [-0.2, -0.15) is 4.72 Å². The zero-order chi connectivity index (χ0) is 23.5. The monoisotopic (exact) mass is 475 g/mol. The van der Waals surface area contributed by atoms with Crippen LogP contribution in [0, 0.1) is 6.92 Å². The van der Waals surface area contributed by atoms with Gasteiger partial charge in [0.1, 0.15) is 12.6 Å². The first-order valence-corrected chi connectivity index (χ1v) is 11.5. The second-order valence-electron chi connectivity index (χ2n) is 7.17. The molecule has 8 nitrogen and oxygen atoms in total. The Labute approximate surface area is 191 Å². The van der Waals surface area contributed by atoms with Gasteiger partial charge in [0.15, 0.2) is 0 Å². The molecule has 1 atom stereocenters. The summed E-state index contributed by atoms with van der Waals surface area (Å²) in [7, 11) is -3.98. The van der Waals surface area contributed by atoms with Crippen molar-refractivity contribution in [2.75, 3.05) is 5.32 Å². The molecule has 1 amide bonds. The molecule has 1 aromatic heterocycles. The van der Waals surface area contributed by atoms with Gasteiger partial charge in [0, 0.05) is 18.0 Å². The molecule has 0 saturated carbocycles. The highest BCUT2D eigenvalue weighted by atomic mass is 35.5. The highest BCUT2D eigenvalue weighted by Gasteiger charge is 2.24. The SMILES string of the molecule is CC(=O)Nc1ccc(S(=O)(=O)NC(C)C(=O)OCc2nc3ccccc3c(C)c2Cl)cc1. The number of aromatic nitrogens is 1. The van der Waals surface area contributed by atoms with E-state index in [4.69, 9.17) is 16.3 Å². The van der Waals surface area contributed by atoms with Gasteiger partial charge in [-0.3, -0.25) is 9.59 Å². The third-order valence-corrected chi connectivity index (χ3v) is 6.73. The molecular formula is C22H22ClN3O5S. The minimum atomic E-state index is -3.98. The second-order valence-corrected chi connectivity index (χ2v) is 9.26. The van der Waals surface area contributed by atoms with Gasteiger partial charge in [-0.25, -0.2) is 13.4 Å². The van der Waals surface area contributed by atoms with Crippen LogP contribution in [0.2, 0.25) is 5.02 Å². The number of sulfonamides is 1. The zero-order valence-corrected chi connectivity index (χ0v) is 19.3. The Morgan fingerprint density at radius 3 is 2.44 bits per heavy atom. The van der Waals surface area contributed by atoms with Crippen LogP contribution in [0.15, 0.2) is 53.4 Å². The molecule has 3 rings (SSSR count). The fourth-order valence-electron chi connectivity index (χ4n) is 3.05. The van der Waals surface area contributed by atoms with Gasteiger partial charge in [0.2, 0.25) is 15.9 Å². The lowest BCUT2D eigenvalue weighted by molar-refractivity contribution is -0.146. The summed E-state index contributed by atoms with van der Waals surface area (Å²) in [5, 5.41) is 3.84. The van der Waals surface area contributed by atoms with Gasteiger partial charge in [-0.1, -0.05) is 29.8 Å². The number of ether oxygens (including phenoxy) is 1. The number of para-hydroxylation sites is 1. The van der Waals surface area contributed by atoms with Crippen molar-refractivity contribution in [1.82, 2.24) is 9.71 Å². The molecule has 32 heavy (non-hydrogen) atoms. The summed E-state index contributed by atoms with van der Waals surface area (Å²) < 4.78 is 32.7.